The van der Waals surface area contributed by atoms with Gasteiger partial charge in [0.1, 0.15) is 0 Å². The fourth-order valence-corrected chi connectivity index (χ4v) is 2.25. The van der Waals surface area contributed by atoms with Gasteiger partial charge in [0, 0.05) is 11.6 Å². The molecule has 1 amide bonds. The summed E-state index contributed by atoms with van der Waals surface area (Å²) >= 11 is 5.75. The SMILES string of the molecule is CNS(=O)(=O)c1ccc(C)c(NC(=O)C(C)(C)CCl)c1. The molecule has 0 atom stereocenters. The summed E-state index contributed by atoms with van der Waals surface area (Å²) in [4.78, 5) is 12.2. The van der Waals surface area contributed by atoms with E-state index in [0.717, 1.165) is 5.56 Å². The van der Waals surface area contributed by atoms with Crippen LogP contribution in [0.25, 0.3) is 0 Å². The standard InChI is InChI=1S/C13H19ClN2O3S/c1-9-5-6-10(20(18,19)15-4)7-11(9)16-12(17)13(2,3)8-14/h5-7,15H,8H2,1-4H3,(H,16,17). The molecule has 0 aliphatic heterocycles. The quantitative estimate of drug-likeness (QED) is 0.816. The van der Waals surface area contributed by atoms with Gasteiger partial charge in [-0.25, -0.2) is 13.1 Å². The molecule has 0 radical (unpaired) electrons. The Kier molecular flexibility index (Phi) is 5.18. The van der Waals surface area contributed by atoms with Gasteiger partial charge in [-0.3, -0.25) is 4.79 Å². The first kappa shape index (κ1) is 16.9. The van der Waals surface area contributed by atoms with Gasteiger partial charge in [-0.15, -0.1) is 11.6 Å². The summed E-state index contributed by atoms with van der Waals surface area (Å²) in [5, 5.41) is 2.72. The maximum Gasteiger partial charge on any atom is 0.240 e. The minimum atomic E-state index is -3.54. The van der Waals surface area contributed by atoms with E-state index in [0.29, 0.717) is 5.69 Å². The minimum Gasteiger partial charge on any atom is -0.325 e. The van der Waals surface area contributed by atoms with Crippen LogP contribution in [0, 0.1) is 12.3 Å². The normalized spacial score (nSPS) is 12.2. The first-order valence-electron chi connectivity index (χ1n) is 6.05. The summed E-state index contributed by atoms with van der Waals surface area (Å²) in [6.07, 6.45) is 0. The van der Waals surface area contributed by atoms with Gasteiger partial charge in [-0.2, -0.15) is 0 Å². The van der Waals surface area contributed by atoms with E-state index in [1.54, 1.807) is 26.8 Å². The topological polar surface area (TPSA) is 75.3 Å². The zero-order chi connectivity index (χ0) is 15.6. The van der Waals surface area contributed by atoms with E-state index >= 15 is 0 Å². The molecule has 0 saturated carbocycles. The van der Waals surface area contributed by atoms with Crippen LogP contribution < -0.4 is 10.0 Å². The number of hydrogen-bond acceptors (Lipinski definition) is 3. The second-order valence-electron chi connectivity index (χ2n) is 5.16. The number of carbonyl (C=O) groups excluding carboxylic acids is 1. The average Bonchev–Trinajstić information content (AvgIpc) is 2.40. The Morgan fingerprint density at radius 1 is 1.35 bits per heavy atom. The first-order valence-corrected chi connectivity index (χ1v) is 8.07. The van der Waals surface area contributed by atoms with E-state index in [2.05, 4.69) is 10.0 Å². The van der Waals surface area contributed by atoms with Gasteiger partial charge in [0.2, 0.25) is 15.9 Å². The molecular weight excluding hydrogens is 300 g/mol. The van der Waals surface area contributed by atoms with E-state index in [1.807, 2.05) is 0 Å². The van der Waals surface area contributed by atoms with Gasteiger partial charge in [-0.1, -0.05) is 6.07 Å². The fraction of sp³-hybridized carbons (Fsp3) is 0.462. The third kappa shape index (κ3) is 3.71. The van der Waals surface area contributed by atoms with Gasteiger partial charge in [-0.05, 0) is 45.5 Å². The number of benzene rings is 1. The average molecular weight is 319 g/mol. The molecule has 1 rings (SSSR count). The number of carbonyl (C=O) groups is 1. The molecular formula is C13H19ClN2O3S. The van der Waals surface area contributed by atoms with E-state index in [-0.39, 0.29) is 16.7 Å². The van der Waals surface area contributed by atoms with Crippen molar-refractivity contribution < 1.29 is 13.2 Å². The summed E-state index contributed by atoms with van der Waals surface area (Å²) in [6, 6.07) is 4.57. The predicted octanol–water partition coefficient (Wildman–Crippen LogP) is 2.11. The van der Waals surface area contributed by atoms with Crippen molar-refractivity contribution in [2.45, 2.75) is 25.7 Å². The second-order valence-corrected chi connectivity index (χ2v) is 7.31. The van der Waals surface area contributed by atoms with E-state index in [9.17, 15) is 13.2 Å². The molecule has 0 heterocycles. The Morgan fingerprint density at radius 3 is 2.45 bits per heavy atom. The number of anilines is 1. The highest BCUT2D eigenvalue weighted by molar-refractivity contribution is 7.89. The third-order valence-corrected chi connectivity index (χ3v) is 5.07. The van der Waals surface area contributed by atoms with Crippen molar-refractivity contribution in [2.24, 2.45) is 5.41 Å². The van der Waals surface area contributed by atoms with Gasteiger partial charge in [0.15, 0.2) is 0 Å². The lowest BCUT2D eigenvalue weighted by Crippen LogP contribution is -2.32. The number of alkyl halides is 1. The molecule has 1 aromatic rings. The summed E-state index contributed by atoms with van der Waals surface area (Å²) in [7, 11) is -2.20. The maximum atomic E-state index is 12.1. The Balaban J connectivity index is 3.14. The van der Waals surface area contributed by atoms with Crippen LogP contribution in [0.15, 0.2) is 23.1 Å². The molecule has 20 heavy (non-hydrogen) atoms. The number of rotatable bonds is 5. The van der Waals surface area contributed by atoms with Crippen molar-refractivity contribution in [2.75, 3.05) is 18.2 Å². The van der Waals surface area contributed by atoms with Crippen molar-refractivity contribution in [1.82, 2.24) is 4.72 Å². The van der Waals surface area contributed by atoms with E-state index in [4.69, 9.17) is 11.6 Å². The fourth-order valence-electron chi connectivity index (χ4n) is 1.37. The van der Waals surface area contributed by atoms with Crippen molar-refractivity contribution in [3.05, 3.63) is 23.8 Å². The zero-order valence-corrected chi connectivity index (χ0v) is 13.5. The Hall–Kier alpha value is -1.11. The van der Waals surface area contributed by atoms with Crippen LogP contribution in [-0.2, 0) is 14.8 Å². The molecule has 2 N–H and O–H groups in total. The number of halogens is 1. The lowest BCUT2D eigenvalue weighted by atomic mass is 9.95. The number of nitrogens with one attached hydrogen (secondary N) is 2. The smallest absolute Gasteiger partial charge is 0.240 e. The molecule has 0 aromatic heterocycles. The van der Waals surface area contributed by atoms with Crippen molar-refractivity contribution >= 4 is 33.2 Å². The van der Waals surface area contributed by atoms with Crippen molar-refractivity contribution in [3.8, 4) is 0 Å². The summed E-state index contributed by atoms with van der Waals surface area (Å²) in [6.45, 7) is 5.23. The molecule has 0 spiro atoms. The highest BCUT2D eigenvalue weighted by Gasteiger charge is 2.27. The van der Waals surface area contributed by atoms with Crippen molar-refractivity contribution in [1.29, 1.82) is 0 Å². The molecule has 0 saturated heterocycles. The Labute approximate surface area is 124 Å². The number of amides is 1. The first-order chi connectivity index (χ1) is 9.14. The van der Waals surface area contributed by atoms with Gasteiger partial charge in [0.25, 0.3) is 0 Å². The highest BCUT2D eigenvalue weighted by Crippen LogP contribution is 2.24. The lowest BCUT2D eigenvalue weighted by molar-refractivity contribution is -0.122. The lowest BCUT2D eigenvalue weighted by Gasteiger charge is -2.21. The number of sulfonamides is 1. The van der Waals surface area contributed by atoms with Crippen LogP contribution in [0.1, 0.15) is 19.4 Å². The van der Waals surface area contributed by atoms with Crippen LogP contribution in [0.2, 0.25) is 0 Å². The van der Waals surface area contributed by atoms with Crippen LogP contribution in [0.3, 0.4) is 0 Å². The van der Waals surface area contributed by atoms with Gasteiger partial charge < -0.3 is 5.32 Å². The molecule has 0 unspecified atom stereocenters. The molecule has 0 aliphatic carbocycles. The van der Waals surface area contributed by atoms with Crippen LogP contribution in [0.4, 0.5) is 5.69 Å². The molecule has 1 aromatic carbocycles. The molecule has 0 aliphatic rings. The van der Waals surface area contributed by atoms with Gasteiger partial charge >= 0.3 is 0 Å². The zero-order valence-electron chi connectivity index (χ0n) is 12.0. The molecule has 0 bridgehead atoms. The molecule has 112 valence electrons. The second kappa shape index (κ2) is 6.11. The third-order valence-electron chi connectivity index (χ3n) is 2.99. The van der Waals surface area contributed by atoms with E-state index in [1.165, 1.54) is 19.2 Å². The van der Waals surface area contributed by atoms with E-state index < -0.39 is 15.4 Å². The van der Waals surface area contributed by atoms with Gasteiger partial charge in [0.05, 0.1) is 10.3 Å². The minimum absolute atomic E-state index is 0.101. The summed E-state index contributed by atoms with van der Waals surface area (Å²) in [5.74, 6) is -0.0820. The maximum absolute atomic E-state index is 12.1. The Bertz CT molecular complexity index is 612. The predicted molar refractivity (Wildman–Crippen MR) is 80.6 cm³/mol. The van der Waals surface area contributed by atoms with Crippen LogP contribution in [-0.4, -0.2) is 27.3 Å². The largest absolute Gasteiger partial charge is 0.325 e. The van der Waals surface area contributed by atoms with Crippen LogP contribution >= 0.6 is 11.6 Å². The number of hydrogen-bond donors (Lipinski definition) is 2. The Morgan fingerprint density at radius 2 is 1.95 bits per heavy atom. The summed E-state index contributed by atoms with van der Waals surface area (Å²) < 4.78 is 25.8. The molecule has 5 nitrogen and oxygen atoms in total. The monoisotopic (exact) mass is 318 g/mol. The number of aryl methyl sites for hydroxylation is 1. The van der Waals surface area contributed by atoms with Crippen molar-refractivity contribution in [3.63, 3.8) is 0 Å². The molecule has 7 heteroatoms. The van der Waals surface area contributed by atoms with Crippen LogP contribution in [0.5, 0.6) is 0 Å². The molecule has 0 fully saturated rings. The summed E-state index contributed by atoms with van der Waals surface area (Å²) in [5.41, 5.74) is 0.509. The highest BCUT2D eigenvalue weighted by atomic mass is 35.5.